The number of benzene rings is 1. The van der Waals surface area contributed by atoms with Crippen LogP contribution in [0.15, 0.2) is 47.1 Å². The summed E-state index contributed by atoms with van der Waals surface area (Å²) >= 11 is 0. The van der Waals surface area contributed by atoms with Gasteiger partial charge in [-0.15, -0.1) is 0 Å². The molecule has 6 nitrogen and oxygen atoms in total. The zero-order valence-electron chi connectivity index (χ0n) is 11.7. The lowest BCUT2D eigenvalue weighted by atomic mass is 10.0. The fourth-order valence-corrected chi connectivity index (χ4v) is 1.78. The highest BCUT2D eigenvalue weighted by molar-refractivity contribution is 5.73. The van der Waals surface area contributed by atoms with Gasteiger partial charge in [0, 0.05) is 6.54 Å². The number of carbonyl (C=O) groups excluding carboxylic acids is 1. The van der Waals surface area contributed by atoms with E-state index in [4.69, 9.17) is 9.52 Å². The third-order valence-electron chi connectivity index (χ3n) is 3.03. The number of aromatic hydroxyl groups is 1. The maximum absolute atomic E-state index is 11.7. The number of phenolic OH excluding ortho intramolecular Hbond substituents is 1. The van der Waals surface area contributed by atoms with Crippen molar-refractivity contribution in [2.45, 2.75) is 19.1 Å². The summed E-state index contributed by atoms with van der Waals surface area (Å²) in [6.07, 6.45) is 1.47. The third kappa shape index (κ3) is 4.25. The zero-order chi connectivity index (χ0) is 15.3. The summed E-state index contributed by atoms with van der Waals surface area (Å²) in [6.45, 7) is 1.92. The molecule has 0 fully saturated rings. The molecule has 0 saturated heterocycles. The zero-order valence-corrected chi connectivity index (χ0v) is 11.7. The SMILES string of the molecule is CC(O)(CNC(=O)NCc1ccc(O)cc1)c1ccco1. The largest absolute Gasteiger partial charge is 0.508 e. The first kappa shape index (κ1) is 14.9. The number of aliphatic hydroxyl groups is 1. The van der Waals surface area contributed by atoms with Crippen LogP contribution < -0.4 is 10.6 Å². The third-order valence-corrected chi connectivity index (χ3v) is 3.03. The van der Waals surface area contributed by atoms with E-state index in [0.29, 0.717) is 12.3 Å². The Morgan fingerprint density at radius 1 is 1.24 bits per heavy atom. The maximum Gasteiger partial charge on any atom is 0.315 e. The van der Waals surface area contributed by atoms with Gasteiger partial charge >= 0.3 is 6.03 Å². The lowest BCUT2D eigenvalue weighted by Crippen LogP contribution is -2.43. The predicted octanol–water partition coefficient (Wildman–Crippen LogP) is 1.69. The number of urea groups is 1. The van der Waals surface area contributed by atoms with Gasteiger partial charge in [0.15, 0.2) is 0 Å². The van der Waals surface area contributed by atoms with Crippen molar-refractivity contribution >= 4 is 6.03 Å². The molecule has 2 rings (SSSR count). The molecule has 1 heterocycles. The Bertz CT molecular complexity index is 576. The summed E-state index contributed by atoms with van der Waals surface area (Å²) < 4.78 is 5.13. The number of hydrogen-bond acceptors (Lipinski definition) is 4. The van der Waals surface area contributed by atoms with E-state index in [1.54, 1.807) is 43.3 Å². The highest BCUT2D eigenvalue weighted by atomic mass is 16.4. The number of rotatable bonds is 5. The second-order valence-electron chi connectivity index (χ2n) is 4.95. The summed E-state index contributed by atoms with van der Waals surface area (Å²) in [5.74, 6) is 0.569. The Morgan fingerprint density at radius 3 is 2.57 bits per heavy atom. The standard InChI is InChI=1S/C15H18N2O4/c1-15(20,13-3-2-8-21-13)10-17-14(19)16-9-11-4-6-12(18)7-5-11/h2-8,18,20H,9-10H2,1H3,(H2,16,17,19). The van der Waals surface area contributed by atoms with E-state index >= 15 is 0 Å². The van der Waals surface area contributed by atoms with Gasteiger partial charge < -0.3 is 25.3 Å². The quantitative estimate of drug-likeness (QED) is 0.674. The van der Waals surface area contributed by atoms with Gasteiger partial charge in [-0.2, -0.15) is 0 Å². The highest BCUT2D eigenvalue weighted by Crippen LogP contribution is 2.19. The van der Waals surface area contributed by atoms with Crippen molar-refractivity contribution < 1.29 is 19.4 Å². The monoisotopic (exact) mass is 290 g/mol. The van der Waals surface area contributed by atoms with Crippen LogP contribution in [0.3, 0.4) is 0 Å². The molecule has 0 aliphatic heterocycles. The Morgan fingerprint density at radius 2 is 1.95 bits per heavy atom. The van der Waals surface area contributed by atoms with Gasteiger partial charge in [0.1, 0.15) is 17.1 Å². The van der Waals surface area contributed by atoms with Gasteiger partial charge in [-0.1, -0.05) is 12.1 Å². The number of hydrogen-bond donors (Lipinski definition) is 4. The fraction of sp³-hybridized carbons (Fsp3) is 0.267. The molecular weight excluding hydrogens is 272 g/mol. The maximum atomic E-state index is 11.7. The molecule has 1 atom stereocenters. The van der Waals surface area contributed by atoms with Crippen molar-refractivity contribution in [3.63, 3.8) is 0 Å². The molecule has 0 bridgehead atoms. The van der Waals surface area contributed by atoms with Crippen molar-refractivity contribution in [3.8, 4) is 5.75 Å². The van der Waals surface area contributed by atoms with Gasteiger partial charge in [-0.25, -0.2) is 4.79 Å². The molecule has 2 aromatic rings. The first-order valence-corrected chi connectivity index (χ1v) is 6.53. The Hall–Kier alpha value is -2.47. The number of furan rings is 1. The molecule has 4 N–H and O–H groups in total. The second kappa shape index (κ2) is 6.32. The number of nitrogens with one attached hydrogen (secondary N) is 2. The van der Waals surface area contributed by atoms with Crippen LogP contribution in [-0.4, -0.2) is 22.8 Å². The molecule has 0 spiro atoms. The van der Waals surface area contributed by atoms with Gasteiger partial charge in [0.2, 0.25) is 0 Å². The Kier molecular flexibility index (Phi) is 4.49. The van der Waals surface area contributed by atoms with E-state index < -0.39 is 11.6 Å². The molecule has 0 aliphatic rings. The molecule has 0 saturated carbocycles. The molecular formula is C15H18N2O4. The summed E-state index contributed by atoms with van der Waals surface area (Å²) in [7, 11) is 0. The van der Waals surface area contributed by atoms with Crippen LogP contribution in [0.1, 0.15) is 18.2 Å². The normalized spacial score (nSPS) is 13.4. The van der Waals surface area contributed by atoms with Crippen LogP contribution >= 0.6 is 0 Å². The van der Waals surface area contributed by atoms with Crippen LogP contribution in [0.2, 0.25) is 0 Å². The van der Waals surface area contributed by atoms with Crippen LogP contribution in [0.4, 0.5) is 4.79 Å². The highest BCUT2D eigenvalue weighted by Gasteiger charge is 2.26. The Labute approximate surface area is 122 Å². The van der Waals surface area contributed by atoms with Crippen LogP contribution in [-0.2, 0) is 12.1 Å². The molecule has 0 aliphatic carbocycles. The van der Waals surface area contributed by atoms with Crippen LogP contribution in [0.5, 0.6) is 5.75 Å². The van der Waals surface area contributed by atoms with E-state index in [0.717, 1.165) is 5.56 Å². The van der Waals surface area contributed by atoms with Gasteiger partial charge in [0.25, 0.3) is 0 Å². The van der Waals surface area contributed by atoms with Crippen molar-refractivity contribution in [2.24, 2.45) is 0 Å². The van der Waals surface area contributed by atoms with E-state index in [1.807, 2.05) is 0 Å². The van der Waals surface area contributed by atoms with E-state index in [1.165, 1.54) is 6.26 Å². The van der Waals surface area contributed by atoms with Crippen LogP contribution in [0, 0.1) is 0 Å². The summed E-state index contributed by atoms with van der Waals surface area (Å²) in [5, 5.41) is 24.6. The average Bonchev–Trinajstić information content (AvgIpc) is 3.00. The van der Waals surface area contributed by atoms with Crippen molar-refractivity contribution in [2.75, 3.05) is 6.54 Å². The second-order valence-corrected chi connectivity index (χ2v) is 4.95. The average molecular weight is 290 g/mol. The molecule has 2 amide bonds. The van der Waals surface area contributed by atoms with E-state index in [2.05, 4.69) is 10.6 Å². The number of carbonyl (C=O) groups is 1. The van der Waals surface area contributed by atoms with Gasteiger partial charge in [0.05, 0.1) is 12.8 Å². The molecule has 1 aromatic carbocycles. The van der Waals surface area contributed by atoms with Crippen molar-refractivity contribution in [1.29, 1.82) is 0 Å². The minimum absolute atomic E-state index is 0.0297. The van der Waals surface area contributed by atoms with Crippen molar-refractivity contribution in [3.05, 3.63) is 54.0 Å². The van der Waals surface area contributed by atoms with E-state index in [9.17, 15) is 9.90 Å². The lowest BCUT2D eigenvalue weighted by Gasteiger charge is -2.21. The van der Waals surface area contributed by atoms with Gasteiger partial charge in [-0.05, 0) is 36.8 Å². The molecule has 6 heteroatoms. The Balaban J connectivity index is 1.78. The van der Waals surface area contributed by atoms with Crippen molar-refractivity contribution in [1.82, 2.24) is 10.6 Å². The summed E-state index contributed by atoms with van der Waals surface area (Å²) in [5.41, 5.74) is -0.403. The summed E-state index contributed by atoms with van der Waals surface area (Å²) in [4.78, 5) is 11.7. The minimum atomic E-state index is -1.26. The molecule has 112 valence electrons. The molecule has 21 heavy (non-hydrogen) atoms. The van der Waals surface area contributed by atoms with E-state index in [-0.39, 0.29) is 12.3 Å². The number of phenols is 1. The number of amides is 2. The smallest absolute Gasteiger partial charge is 0.315 e. The topological polar surface area (TPSA) is 94.7 Å². The van der Waals surface area contributed by atoms with Gasteiger partial charge in [-0.3, -0.25) is 0 Å². The molecule has 1 aromatic heterocycles. The van der Waals surface area contributed by atoms with Crippen LogP contribution in [0.25, 0.3) is 0 Å². The minimum Gasteiger partial charge on any atom is -0.508 e. The molecule has 0 radical (unpaired) electrons. The first-order valence-electron chi connectivity index (χ1n) is 6.53. The fourth-order valence-electron chi connectivity index (χ4n) is 1.78. The first-order chi connectivity index (χ1) is 9.97. The summed E-state index contributed by atoms with van der Waals surface area (Å²) in [6, 6.07) is 9.47. The lowest BCUT2D eigenvalue weighted by molar-refractivity contribution is 0.0367. The molecule has 1 unspecified atom stereocenters. The predicted molar refractivity (Wildman–Crippen MR) is 76.6 cm³/mol.